The highest BCUT2D eigenvalue weighted by atomic mass is 19.1. The third kappa shape index (κ3) is 4.82. The summed E-state index contributed by atoms with van der Waals surface area (Å²) >= 11 is 0. The van der Waals surface area contributed by atoms with Gasteiger partial charge in [-0.15, -0.1) is 0 Å². The molecule has 1 fully saturated rings. The second-order valence-electron chi connectivity index (χ2n) is 7.37. The van der Waals surface area contributed by atoms with E-state index < -0.39 is 0 Å². The molecule has 1 saturated heterocycles. The number of aromatic nitrogens is 2. The first-order valence-corrected chi connectivity index (χ1v) is 9.57. The van der Waals surface area contributed by atoms with Gasteiger partial charge in [-0.1, -0.05) is 24.3 Å². The van der Waals surface area contributed by atoms with Crippen molar-refractivity contribution in [1.29, 1.82) is 0 Å². The Morgan fingerprint density at radius 1 is 0.857 bits per heavy atom. The molecule has 0 bridgehead atoms. The quantitative estimate of drug-likeness (QED) is 0.652. The number of halogens is 2. The van der Waals surface area contributed by atoms with Crippen molar-refractivity contribution < 1.29 is 8.78 Å². The summed E-state index contributed by atoms with van der Waals surface area (Å²) in [5.74, 6) is -0.409. The van der Waals surface area contributed by atoms with E-state index in [-0.39, 0.29) is 11.6 Å². The number of nitrogens with zero attached hydrogens (tertiary/aromatic N) is 4. The molecule has 0 aliphatic carbocycles. The van der Waals surface area contributed by atoms with Crippen LogP contribution in [0.3, 0.4) is 0 Å². The number of benzene rings is 2. The number of hydrogen-bond donors (Lipinski definition) is 0. The molecule has 1 aromatic heterocycles. The summed E-state index contributed by atoms with van der Waals surface area (Å²) in [6.45, 7) is 5.24. The van der Waals surface area contributed by atoms with Gasteiger partial charge < -0.3 is 4.57 Å². The molecule has 0 saturated carbocycles. The lowest BCUT2D eigenvalue weighted by atomic mass is 10.1. The van der Waals surface area contributed by atoms with Gasteiger partial charge in [0, 0.05) is 57.7 Å². The van der Waals surface area contributed by atoms with Crippen LogP contribution in [0.25, 0.3) is 0 Å². The van der Waals surface area contributed by atoms with Gasteiger partial charge in [0.05, 0.1) is 6.33 Å². The zero-order chi connectivity index (χ0) is 19.3. The molecule has 4 nitrogen and oxygen atoms in total. The summed E-state index contributed by atoms with van der Waals surface area (Å²) in [4.78, 5) is 9.02. The molecule has 2 aromatic carbocycles. The summed E-state index contributed by atoms with van der Waals surface area (Å²) in [6.07, 6.45) is 5.62. The van der Waals surface area contributed by atoms with Crippen molar-refractivity contribution in [2.75, 3.05) is 19.6 Å². The first kappa shape index (κ1) is 18.8. The maximum atomic E-state index is 13.2. The highest BCUT2D eigenvalue weighted by Crippen LogP contribution is 2.18. The molecule has 1 unspecified atom stereocenters. The van der Waals surface area contributed by atoms with Gasteiger partial charge in [0.2, 0.25) is 0 Å². The van der Waals surface area contributed by atoms with E-state index in [0.29, 0.717) is 6.04 Å². The maximum Gasteiger partial charge on any atom is 0.123 e. The summed E-state index contributed by atoms with van der Waals surface area (Å²) in [6, 6.07) is 13.8. The first-order chi connectivity index (χ1) is 13.7. The normalized spacial score (nSPS) is 18.4. The molecule has 0 radical (unpaired) electrons. The Morgan fingerprint density at radius 3 is 2.11 bits per heavy atom. The molecule has 4 rings (SSSR count). The molecule has 0 N–H and O–H groups in total. The lowest BCUT2D eigenvalue weighted by Crippen LogP contribution is -2.53. The first-order valence-electron chi connectivity index (χ1n) is 9.57. The fourth-order valence-corrected chi connectivity index (χ4v) is 3.79. The molecule has 28 heavy (non-hydrogen) atoms. The molecule has 0 amide bonds. The largest absolute Gasteiger partial charge is 0.336 e. The number of rotatable bonds is 6. The van der Waals surface area contributed by atoms with Gasteiger partial charge in [-0.05, 0) is 35.4 Å². The third-order valence-electron chi connectivity index (χ3n) is 5.29. The second-order valence-corrected chi connectivity index (χ2v) is 7.37. The van der Waals surface area contributed by atoms with Gasteiger partial charge in [-0.3, -0.25) is 9.80 Å². The van der Waals surface area contributed by atoms with E-state index >= 15 is 0 Å². The highest BCUT2D eigenvalue weighted by Gasteiger charge is 2.27. The van der Waals surface area contributed by atoms with Crippen LogP contribution in [-0.2, 0) is 19.6 Å². The predicted molar refractivity (Wildman–Crippen MR) is 105 cm³/mol. The Balaban J connectivity index is 1.45. The van der Waals surface area contributed by atoms with E-state index in [1.165, 1.54) is 24.3 Å². The van der Waals surface area contributed by atoms with Crippen LogP contribution in [0.1, 0.15) is 11.1 Å². The summed E-state index contributed by atoms with van der Waals surface area (Å²) in [5.41, 5.74) is 2.23. The van der Waals surface area contributed by atoms with Gasteiger partial charge in [0.25, 0.3) is 0 Å². The van der Waals surface area contributed by atoms with Gasteiger partial charge in [-0.25, -0.2) is 13.8 Å². The minimum atomic E-state index is -0.206. The fraction of sp³-hybridized carbons (Fsp3) is 0.318. The maximum absolute atomic E-state index is 13.2. The summed E-state index contributed by atoms with van der Waals surface area (Å²) in [5, 5.41) is 0. The second kappa shape index (κ2) is 8.63. The van der Waals surface area contributed by atoms with Crippen molar-refractivity contribution in [2.24, 2.45) is 0 Å². The average molecular weight is 382 g/mol. The van der Waals surface area contributed by atoms with Crippen LogP contribution >= 0.6 is 0 Å². The van der Waals surface area contributed by atoms with Gasteiger partial charge in [0.15, 0.2) is 0 Å². The van der Waals surface area contributed by atoms with Crippen LogP contribution in [0, 0.1) is 11.6 Å². The minimum absolute atomic E-state index is 0.203. The number of hydrogen-bond acceptors (Lipinski definition) is 3. The number of imidazole rings is 1. The van der Waals surface area contributed by atoms with Crippen molar-refractivity contribution in [3.8, 4) is 0 Å². The lowest BCUT2D eigenvalue weighted by Gasteiger charge is -2.41. The molecule has 146 valence electrons. The average Bonchev–Trinajstić information content (AvgIpc) is 3.20. The Morgan fingerprint density at radius 2 is 1.50 bits per heavy atom. The lowest BCUT2D eigenvalue weighted by molar-refractivity contribution is 0.0549. The Kier molecular flexibility index (Phi) is 5.78. The van der Waals surface area contributed by atoms with Crippen molar-refractivity contribution in [2.45, 2.75) is 25.7 Å². The Labute approximate surface area is 164 Å². The molecule has 6 heteroatoms. The van der Waals surface area contributed by atoms with Gasteiger partial charge in [0.1, 0.15) is 11.6 Å². The Hall–Kier alpha value is -2.57. The summed E-state index contributed by atoms with van der Waals surface area (Å²) in [7, 11) is 0. The van der Waals surface area contributed by atoms with Gasteiger partial charge >= 0.3 is 0 Å². The van der Waals surface area contributed by atoms with E-state index in [1.807, 2.05) is 36.8 Å². The van der Waals surface area contributed by atoms with Crippen molar-refractivity contribution in [3.05, 3.63) is 90.0 Å². The molecular weight excluding hydrogens is 358 g/mol. The molecule has 1 aliphatic rings. The molecule has 1 atom stereocenters. The molecule has 2 heterocycles. The highest BCUT2D eigenvalue weighted by molar-refractivity contribution is 5.17. The third-order valence-corrected chi connectivity index (χ3v) is 5.29. The van der Waals surface area contributed by atoms with E-state index in [1.54, 1.807) is 6.20 Å². The summed E-state index contributed by atoms with van der Waals surface area (Å²) < 4.78 is 28.5. The number of piperazine rings is 1. The van der Waals surface area contributed by atoms with E-state index in [9.17, 15) is 8.78 Å². The van der Waals surface area contributed by atoms with Crippen LogP contribution in [-0.4, -0.2) is 45.0 Å². The fourth-order valence-electron chi connectivity index (χ4n) is 3.79. The minimum Gasteiger partial charge on any atom is -0.336 e. The van der Waals surface area contributed by atoms with Crippen LogP contribution < -0.4 is 0 Å². The van der Waals surface area contributed by atoms with Crippen molar-refractivity contribution in [1.82, 2.24) is 19.4 Å². The van der Waals surface area contributed by atoms with Crippen LogP contribution in [0.5, 0.6) is 0 Å². The smallest absolute Gasteiger partial charge is 0.123 e. The van der Waals surface area contributed by atoms with E-state index in [2.05, 4.69) is 19.4 Å². The zero-order valence-electron chi connectivity index (χ0n) is 15.7. The zero-order valence-corrected chi connectivity index (χ0v) is 15.7. The van der Waals surface area contributed by atoms with E-state index in [4.69, 9.17) is 0 Å². The molecular formula is C22H24F2N4. The van der Waals surface area contributed by atoms with Crippen molar-refractivity contribution in [3.63, 3.8) is 0 Å². The van der Waals surface area contributed by atoms with Crippen LogP contribution in [0.4, 0.5) is 8.78 Å². The SMILES string of the molecule is Fc1ccc(CN2CCN(Cc3ccc(F)cc3)C(Cn3ccnc3)C2)cc1. The van der Waals surface area contributed by atoms with Crippen LogP contribution in [0.2, 0.25) is 0 Å². The standard InChI is InChI=1S/C22H24F2N4/c23-20-5-1-18(2-6-20)13-26-11-12-28(14-19-3-7-21(24)8-4-19)22(15-26)16-27-10-9-25-17-27/h1-10,17,22H,11-16H2. The monoisotopic (exact) mass is 382 g/mol. The van der Waals surface area contributed by atoms with Crippen LogP contribution in [0.15, 0.2) is 67.3 Å². The van der Waals surface area contributed by atoms with Crippen molar-refractivity contribution >= 4 is 0 Å². The molecule has 1 aliphatic heterocycles. The Bertz CT molecular complexity index is 863. The van der Waals surface area contributed by atoms with Gasteiger partial charge in [-0.2, -0.15) is 0 Å². The molecule has 3 aromatic rings. The topological polar surface area (TPSA) is 24.3 Å². The van der Waals surface area contributed by atoms with E-state index in [0.717, 1.165) is 50.4 Å². The molecule has 0 spiro atoms. The predicted octanol–water partition coefficient (Wildman–Crippen LogP) is 3.55.